The van der Waals surface area contributed by atoms with Crippen LogP contribution in [-0.2, 0) is 12.8 Å². The molecular weight excluding hydrogens is 461 g/mol. The lowest BCUT2D eigenvalue weighted by atomic mass is 9.86. The Hall–Kier alpha value is -2.64. The smallest absolute Gasteiger partial charge is 0.265 e. The first-order valence-corrected chi connectivity index (χ1v) is 13.0. The number of hydrogen-bond donors (Lipinski definition) is 1. The van der Waals surface area contributed by atoms with E-state index in [0.717, 1.165) is 36.3 Å². The zero-order valence-corrected chi connectivity index (χ0v) is 21.3. The van der Waals surface area contributed by atoms with Crippen LogP contribution in [-0.4, -0.2) is 62.6 Å². The third kappa shape index (κ3) is 4.83. The third-order valence-electron chi connectivity index (χ3n) is 7.83. The van der Waals surface area contributed by atoms with Crippen molar-refractivity contribution < 1.29 is 13.2 Å². The van der Waals surface area contributed by atoms with E-state index in [4.69, 9.17) is 4.98 Å². The van der Waals surface area contributed by atoms with E-state index in [2.05, 4.69) is 29.6 Å². The topological polar surface area (TPSA) is 31.4 Å². The van der Waals surface area contributed by atoms with Crippen molar-refractivity contribution >= 4 is 16.6 Å². The molecule has 5 rings (SSSR count). The highest BCUT2D eigenvalue weighted by Gasteiger charge is 2.53. The highest BCUT2D eigenvalue weighted by molar-refractivity contribution is 5.95. The van der Waals surface area contributed by atoms with Gasteiger partial charge in [0.2, 0.25) is 0 Å². The number of aryl methyl sites for hydroxylation is 2. The first-order valence-electron chi connectivity index (χ1n) is 13.0. The molecule has 0 radical (unpaired) electrons. The standard InChI is InChI=1S/C29H35F3N4/c1-4-20-12-27-23(13-25(20)30)28(36-16-22-15-35(3)18-29(31,32)24(22)17-36)14-26(34-27)21-9-7-19(8-10-21)6-5-11-33-2/h7-10,12-14,22,24,33H,4-6,11,15-18H2,1-3H3. The minimum atomic E-state index is -2.73. The summed E-state index contributed by atoms with van der Waals surface area (Å²) in [6.45, 7) is 4.14. The van der Waals surface area contributed by atoms with Gasteiger partial charge in [0.15, 0.2) is 0 Å². The van der Waals surface area contributed by atoms with Crippen LogP contribution in [0, 0.1) is 17.7 Å². The zero-order valence-electron chi connectivity index (χ0n) is 21.3. The van der Waals surface area contributed by atoms with E-state index in [9.17, 15) is 13.2 Å². The Labute approximate surface area is 211 Å². The largest absolute Gasteiger partial charge is 0.370 e. The fourth-order valence-electron chi connectivity index (χ4n) is 5.94. The number of halogens is 3. The number of piperidine rings is 1. The second-order valence-corrected chi connectivity index (χ2v) is 10.5. The van der Waals surface area contributed by atoms with Crippen LogP contribution in [0.4, 0.5) is 18.9 Å². The maximum atomic E-state index is 14.9. The molecule has 1 aromatic heterocycles. The lowest BCUT2D eigenvalue weighted by Gasteiger charge is -2.37. The monoisotopic (exact) mass is 496 g/mol. The van der Waals surface area contributed by atoms with Crippen molar-refractivity contribution in [3.8, 4) is 11.3 Å². The summed E-state index contributed by atoms with van der Waals surface area (Å²) in [6, 6.07) is 13.7. The van der Waals surface area contributed by atoms with Crippen LogP contribution in [0.1, 0.15) is 24.5 Å². The zero-order chi connectivity index (χ0) is 25.4. The van der Waals surface area contributed by atoms with Crippen molar-refractivity contribution in [1.82, 2.24) is 15.2 Å². The lowest BCUT2D eigenvalue weighted by Crippen LogP contribution is -2.51. The van der Waals surface area contributed by atoms with E-state index in [-0.39, 0.29) is 24.8 Å². The van der Waals surface area contributed by atoms with Gasteiger partial charge in [-0.15, -0.1) is 0 Å². The molecule has 2 unspecified atom stereocenters. The molecule has 0 bridgehead atoms. The molecule has 4 nitrogen and oxygen atoms in total. The molecule has 0 amide bonds. The Morgan fingerprint density at radius 2 is 1.86 bits per heavy atom. The second-order valence-electron chi connectivity index (χ2n) is 10.5. The molecule has 1 N–H and O–H groups in total. The number of anilines is 1. The molecule has 2 atom stereocenters. The number of nitrogens with one attached hydrogen (secondary N) is 1. The SMILES string of the molecule is CCc1cc2nc(-c3ccc(CCCNC)cc3)cc(N3CC4CN(C)CC(F)(F)C4C3)c2cc1F. The van der Waals surface area contributed by atoms with Gasteiger partial charge in [-0.25, -0.2) is 18.2 Å². The average Bonchev–Trinajstić information content (AvgIpc) is 3.28. The minimum Gasteiger partial charge on any atom is -0.370 e. The fourth-order valence-corrected chi connectivity index (χ4v) is 5.94. The number of fused-ring (bicyclic) bond motifs is 2. The van der Waals surface area contributed by atoms with Crippen molar-refractivity contribution in [2.24, 2.45) is 11.8 Å². The predicted molar refractivity (Wildman–Crippen MR) is 140 cm³/mol. The van der Waals surface area contributed by atoms with Gasteiger partial charge in [0.25, 0.3) is 5.92 Å². The first-order chi connectivity index (χ1) is 17.3. The summed E-state index contributed by atoms with van der Waals surface area (Å²) in [5, 5.41) is 3.86. The minimum absolute atomic E-state index is 0.123. The average molecular weight is 497 g/mol. The number of nitrogens with zero attached hydrogens (tertiary/aromatic N) is 3. The van der Waals surface area contributed by atoms with Crippen LogP contribution in [0.15, 0.2) is 42.5 Å². The number of alkyl halides is 2. The molecule has 2 aliphatic rings. The summed E-state index contributed by atoms with van der Waals surface area (Å²) in [5.74, 6) is -3.82. The maximum absolute atomic E-state index is 14.9. The quantitative estimate of drug-likeness (QED) is 0.445. The van der Waals surface area contributed by atoms with Gasteiger partial charge in [-0.2, -0.15) is 0 Å². The van der Waals surface area contributed by atoms with E-state index < -0.39 is 11.8 Å². The molecule has 7 heteroatoms. The van der Waals surface area contributed by atoms with E-state index in [0.29, 0.717) is 36.0 Å². The Kier molecular flexibility index (Phi) is 6.97. The Morgan fingerprint density at radius 3 is 2.58 bits per heavy atom. The van der Waals surface area contributed by atoms with Crippen LogP contribution in [0.5, 0.6) is 0 Å². The first kappa shape index (κ1) is 25.0. The van der Waals surface area contributed by atoms with E-state index in [1.54, 1.807) is 11.9 Å². The summed E-state index contributed by atoms with van der Waals surface area (Å²) < 4.78 is 44.7. The van der Waals surface area contributed by atoms with Crippen LogP contribution in [0.2, 0.25) is 0 Å². The van der Waals surface area contributed by atoms with Gasteiger partial charge in [-0.05, 0) is 75.1 Å². The van der Waals surface area contributed by atoms with Crippen molar-refractivity contribution in [3.05, 3.63) is 59.4 Å². The van der Waals surface area contributed by atoms with Crippen LogP contribution < -0.4 is 10.2 Å². The van der Waals surface area contributed by atoms with E-state index >= 15 is 0 Å². The number of pyridine rings is 1. The Morgan fingerprint density at radius 1 is 1.08 bits per heavy atom. The normalized spacial score (nSPS) is 21.8. The van der Waals surface area contributed by atoms with Crippen LogP contribution >= 0.6 is 0 Å². The highest BCUT2D eigenvalue weighted by Crippen LogP contribution is 2.44. The van der Waals surface area contributed by atoms with E-state index in [1.807, 2.05) is 31.0 Å². The van der Waals surface area contributed by atoms with Gasteiger partial charge < -0.3 is 15.1 Å². The summed E-state index contributed by atoms with van der Waals surface area (Å²) >= 11 is 0. The van der Waals surface area contributed by atoms with Gasteiger partial charge in [0, 0.05) is 42.2 Å². The molecule has 0 aliphatic carbocycles. The number of benzene rings is 2. The van der Waals surface area contributed by atoms with Crippen molar-refractivity contribution in [1.29, 1.82) is 0 Å². The van der Waals surface area contributed by atoms with Crippen LogP contribution in [0.25, 0.3) is 22.2 Å². The van der Waals surface area contributed by atoms with Crippen molar-refractivity contribution in [3.63, 3.8) is 0 Å². The van der Waals surface area contributed by atoms with Crippen molar-refractivity contribution in [2.75, 3.05) is 51.7 Å². The van der Waals surface area contributed by atoms with E-state index in [1.165, 1.54) is 11.6 Å². The predicted octanol–water partition coefficient (Wildman–Crippen LogP) is 5.39. The Balaban J connectivity index is 1.54. The molecule has 2 aliphatic heterocycles. The molecule has 2 aromatic carbocycles. The molecular formula is C29H35F3N4. The highest BCUT2D eigenvalue weighted by atomic mass is 19.3. The van der Waals surface area contributed by atoms with Crippen molar-refractivity contribution in [2.45, 2.75) is 32.1 Å². The number of rotatable bonds is 7. The fraction of sp³-hybridized carbons (Fsp3) is 0.483. The van der Waals surface area contributed by atoms with Gasteiger partial charge in [-0.1, -0.05) is 31.2 Å². The molecule has 192 valence electrons. The third-order valence-corrected chi connectivity index (χ3v) is 7.83. The second kappa shape index (κ2) is 10.0. The molecule has 2 saturated heterocycles. The summed E-state index contributed by atoms with van der Waals surface area (Å²) in [6.07, 6.45) is 2.63. The molecule has 0 saturated carbocycles. The lowest BCUT2D eigenvalue weighted by molar-refractivity contribution is -0.114. The van der Waals surface area contributed by atoms with Crippen LogP contribution in [0.3, 0.4) is 0 Å². The molecule has 3 heterocycles. The summed E-state index contributed by atoms with van der Waals surface area (Å²) in [4.78, 5) is 8.67. The number of likely N-dealkylation sites (tertiary alicyclic amines) is 1. The van der Waals surface area contributed by atoms with Gasteiger partial charge in [0.05, 0.1) is 17.8 Å². The maximum Gasteiger partial charge on any atom is 0.265 e. The molecule has 36 heavy (non-hydrogen) atoms. The summed E-state index contributed by atoms with van der Waals surface area (Å²) in [5.41, 5.74) is 5.13. The molecule has 0 spiro atoms. The Bertz CT molecular complexity index is 1230. The molecule has 2 fully saturated rings. The number of aromatic nitrogens is 1. The molecule has 3 aromatic rings. The van der Waals surface area contributed by atoms with Gasteiger partial charge in [-0.3, -0.25) is 0 Å². The van der Waals surface area contributed by atoms with Gasteiger partial charge >= 0.3 is 0 Å². The number of hydrogen-bond acceptors (Lipinski definition) is 4. The van der Waals surface area contributed by atoms with Gasteiger partial charge in [0.1, 0.15) is 5.82 Å². The summed E-state index contributed by atoms with van der Waals surface area (Å²) in [7, 11) is 3.72.